The fourth-order valence-corrected chi connectivity index (χ4v) is 2.30. The highest BCUT2D eigenvalue weighted by molar-refractivity contribution is 6.32. The van der Waals surface area contributed by atoms with Crippen molar-refractivity contribution in [3.05, 3.63) is 59.9 Å². The minimum Gasteiger partial charge on any atom is -0.399 e. The van der Waals surface area contributed by atoms with Crippen molar-refractivity contribution in [2.45, 2.75) is 0 Å². The smallest absolute Gasteiger partial charge is 0.0419 e. The summed E-state index contributed by atoms with van der Waals surface area (Å²) in [5, 5.41) is 2.89. The monoisotopic (exact) mass is 254 g/mol. The molecular formula is C15H11ClN2. The maximum Gasteiger partial charge on any atom is 0.0419 e. The summed E-state index contributed by atoms with van der Waals surface area (Å²) in [6, 6.07) is 13.7. The molecule has 1 heterocycles. The first kappa shape index (κ1) is 11.1. The molecule has 1 aromatic heterocycles. The van der Waals surface area contributed by atoms with Crippen LogP contribution in [0.5, 0.6) is 0 Å². The number of halogens is 1. The third kappa shape index (κ3) is 1.91. The van der Waals surface area contributed by atoms with Crippen LogP contribution in [0.15, 0.2) is 54.9 Å². The van der Waals surface area contributed by atoms with Crippen LogP contribution in [0.3, 0.4) is 0 Å². The summed E-state index contributed by atoms with van der Waals surface area (Å²) in [4.78, 5) is 4.12. The number of pyridine rings is 1. The lowest BCUT2D eigenvalue weighted by Crippen LogP contribution is -1.86. The van der Waals surface area contributed by atoms with Gasteiger partial charge in [-0.05, 0) is 46.8 Å². The summed E-state index contributed by atoms with van der Waals surface area (Å²) in [5.74, 6) is 0. The van der Waals surface area contributed by atoms with E-state index < -0.39 is 0 Å². The van der Waals surface area contributed by atoms with E-state index in [1.807, 2.05) is 48.7 Å². The van der Waals surface area contributed by atoms with Crippen molar-refractivity contribution in [2.75, 3.05) is 5.73 Å². The highest BCUT2D eigenvalue weighted by Gasteiger charge is 2.05. The quantitative estimate of drug-likeness (QED) is 0.663. The van der Waals surface area contributed by atoms with Gasteiger partial charge in [0.05, 0.1) is 0 Å². The maximum atomic E-state index is 6.15. The minimum atomic E-state index is 0.710. The SMILES string of the molecule is Nc1ccc(-c2cc(Cl)cc3cnccc23)cc1. The largest absolute Gasteiger partial charge is 0.399 e. The van der Waals surface area contributed by atoms with Gasteiger partial charge in [-0.25, -0.2) is 0 Å². The van der Waals surface area contributed by atoms with Gasteiger partial charge in [0, 0.05) is 28.5 Å². The number of benzene rings is 2. The Hall–Kier alpha value is -2.06. The van der Waals surface area contributed by atoms with Crippen molar-refractivity contribution < 1.29 is 0 Å². The summed E-state index contributed by atoms with van der Waals surface area (Å²) < 4.78 is 0. The van der Waals surface area contributed by atoms with Crippen LogP contribution in [0.2, 0.25) is 5.02 Å². The van der Waals surface area contributed by atoms with Crippen molar-refractivity contribution in [3.8, 4) is 11.1 Å². The summed E-state index contributed by atoms with van der Waals surface area (Å²) in [6.07, 6.45) is 3.61. The normalized spacial score (nSPS) is 10.7. The number of aromatic nitrogens is 1. The second-order valence-corrected chi connectivity index (χ2v) is 4.61. The Bertz CT molecular complexity index is 705. The molecule has 0 amide bonds. The molecule has 0 bridgehead atoms. The van der Waals surface area contributed by atoms with E-state index in [2.05, 4.69) is 4.98 Å². The van der Waals surface area contributed by atoms with Gasteiger partial charge in [0.15, 0.2) is 0 Å². The van der Waals surface area contributed by atoms with Gasteiger partial charge in [0.2, 0.25) is 0 Å². The maximum absolute atomic E-state index is 6.15. The topological polar surface area (TPSA) is 38.9 Å². The van der Waals surface area contributed by atoms with E-state index in [-0.39, 0.29) is 0 Å². The molecule has 0 aliphatic heterocycles. The lowest BCUT2D eigenvalue weighted by atomic mass is 9.99. The molecular weight excluding hydrogens is 244 g/mol. The van der Waals surface area contributed by atoms with Crippen molar-refractivity contribution in [1.29, 1.82) is 0 Å². The molecule has 0 atom stereocenters. The molecule has 3 rings (SSSR count). The Morgan fingerprint density at radius 1 is 1.00 bits per heavy atom. The standard InChI is InChI=1S/C15H11ClN2/c16-12-7-11-9-18-6-5-14(11)15(8-12)10-1-3-13(17)4-2-10/h1-9H,17H2. The summed E-state index contributed by atoms with van der Waals surface area (Å²) in [6.45, 7) is 0. The van der Waals surface area contributed by atoms with Gasteiger partial charge in [-0.3, -0.25) is 4.98 Å². The van der Waals surface area contributed by atoms with Gasteiger partial charge in [-0.2, -0.15) is 0 Å². The van der Waals surface area contributed by atoms with Crippen molar-refractivity contribution in [2.24, 2.45) is 0 Å². The number of hydrogen-bond donors (Lipinski definition) is 1. The van der Waals surface area contributed by atoms with Gasteiger partial charge in [-0.15, -0.1) is 0 Å². The summed E-state index contributed by atoms with van der Waals surface area (Å²) in [5.41, 5.74) is 8.66. The number of fused-ring (bicyclic) bond motifs is 1. The second kappa shape index (κ2) is 4.31. The lowest BCUT2D eigenvalue weighted by molar-refractivity contribution is 1.36. The Balaban J connectivity index is 2.31. The van der Waals surface area contributed by atoms with E-state index in [4.69, 9.17) is 17.3 Å². The molecule has 0 spiro atoms. The lowest BCUT2D eigenvalue weighted by Gasteiger charge is -2.08. The zero-order chi connectivity index (χ0) is 12.5. The van der Waals surface area contributed by atoms with Gasteiger partial charge in [0.25, 0.3) is 0 Å². The van der Waals surface area contributed by atoms with E-state index in [1.165, 1.54) is 0 Å². The Morgan fingerprint density at radius 3 is 2.56 bits per heavy atom. The molecule has 0 aliphatic carbocycles. The predicted octanol–water partition coefficient (Wildman–Crippen LogP) is 4.14. The van der Waals surface area contributed by atoms with Crippen LogP contribution in [0, 0.1) is 0 Å². The highest BCUT2D eigenvalue weighted by atomic mass is 35.5. The number of nitrogens with two attached hydrogens (primary N) is 1. The average molecular weight is 255 g/mol. The van der Waals surface area contributed by atoms with Gasteiger partial charge in [0.1, 0.15) is 0 Å². The number of nitrogen functional groups attached to an aromatic ring is 1. The molecule has 3 heteroatoms. The average Bonchev–Trinajstić information content (AvgIpc) is 2.38. The fraction of sp³-hybridized carbons (Fsp3) is 0. The van der Waals surface area contributed by atoms with Crippen LogP contribution in [0.25, 0.3) is 21.9 Å². The van der Waals surface area contributed by atoms with Crippen LogP contribution in [-0.2, 0) is 0 Å². The van der Waals surface area contributed by atoms with Crippen LogP contribution in [0.4, 0.5) is 5.69 Å². The first-order chi connectivity index (χ1) is 8.74. The predicted molar refractivity (Wildman–Crippen MR) is 76.6 cm³/mol. The molecule has 0 fully saturated rings. The van der Waals surface area contributed by atoms with Gasteiger partial charge < -0.3 is 5.73 Å². The third-order valence-corrected chi connectivity index (χ3v) is 3.16. The fourth-order valence-electron chi connectivity index (χ4n) is 2.07. The molecule has 0 radical (unpaired) electrons. The molecule has 0 unspecified atom stereocenters. The summed E-state index contributed by atoms with van der Waals surface area (Å²) in [7, 11) is 0. The van der Waals surface area contributed by atoms with E-state index in [0.717, 1.165) is 27.6 Å². The minimum absolute atomic E-state index is 0.710. The molecule has 3 aromatic rings. The van der Waals surface area contributed by atoms with Crippen molar-refractivity contribution in [3.63, 3.8) is 0 Å². The molecule has 0 saturated heterocycles. The number of anilines is 1. The Morgan fingerprint density at radius 2 is 1.78 bits per heavy atom. The Kier molecular flexibility index (Phi) is 2.65. The molecule has 0 saturated carbocycles. The first-order valence-corrected chi connectivity index (χ1v) is 6.01. The van der Waals surface area contributed by atoms with Crippen LogP contribution in [0.1, 0.15) is 0 Å². The number of nitrogens with zero attached hydrogens (tertiary/aromatic N) is 1. The third-order valence-electron chi connectivity index (χ3n) is 2.94. The first-order valence-electron chi connectivity index (χ1n) is 5.63. The van der Waals surface area contributed by atoms with Crippen molar-refractivity contribution in [1.82, 2.24) is 4.98 Å². The van der Waals surface area contributed by atoms with E-state index >= 15 is 0 Å². The highest BCUT2D eigenvalue weighted by Crippen LogP contribution is 2.31. The molecule has 0 aliphatic rings. The van der Waals surface area contributed by atoms with E-state index in [9.17, 15) is 0 Å². The van der Waals surface area contributed by atoms with Crippen LogP contribution < -0.4 is 5.73 Å². The zero-order valence-electron chi connectivity index (χ0n) is 9.60. The zero-order valence-corrected chi connectivity index (χ0v) is 10.4. The Labute approximate surface area is 110 Å². The molecule has 2 nitrogen and oxygen atoms in total. The molecule has 2 N–H and O–H groups in total. The molecule has 88 valence electrons. The van der Waals surface area contributed by atoms with Crippen LogP contribution >= 0.6 is 11.6 Å². The number of hydrogen-bond acceptors (Lipinski definition) is 2. The van der Waals surface area contributed by atoms with Crippen LogP contribution in [-0.4, -0.2) is 4.98 Å². The molecule has 2 aromatic carbocycles. The van der Waals surface area contributed by atoms with E-state index in [0.29, 0.717) is 5.02 Å². The van der Waals surface area contributed by atoms with Gasteiger partial charge in [-0.1, -0.05) is 23.7 Å². The second-order valence-electron chi connectivity index (χ2n) is 4.17. The van der Waals surface area contributed by atoms with Crippen molar-refractivity contribution >= 4 is 28.1 Å². The van der Waals surface area contributed by atoms with Gasteiger partial charge >= 0.3 is 0 Å². The molecule has 18 heavy (non-hydrogen) atoms. The van der Waals surface area contributed by atoms with E-state index in [1.54, 1.807) is 6.20 Å². The summed E-state index contributed by atoms with van der Waals surface area (Å²) >= 11 is 6.15. The number of rotatable bonds is 1.